The Bertz CT molecular complexity index is 919. The number of pyridine rings is 2. The van der Waals surface area contributed by atoms with Gasteiger partial charge in [-0.2, -0.15) is 13.2 Å². The molecular weight excluding hydrogens is 397 g/mol. The van der Waals surface area contributed by atoms with Crippen molar-refractivity contribution in [3.05, 3.63) is 42.1 Å². The highest BCUT2D eigenvalue weighted by atomic mass is 19.4. The lowest BCUT2D eigenvalue weighted by Gasteiger charge is -2.38. The van der Waals surface area contributed by atoms with E-state index in [0.29, 0.717) is 48.9 Å². The fourth-order valence-corrected chi connectivity index (χ4v) is 3.52. The molecule has 1 fully saturated rings. The van der Waals surface area contributed by atoms with E-state index in [1.807, 2.05) is 6.92 Å². The number of hydrogen-bond acceptors (Lipinski definition) is 5. The molecule has 0 spiro atoms. The van der Waals surface area contributed by atoms with Crippen molar-refractivity contribution < 1.29 is 22.6 Å². The van der Waals surface area contributed by atoms with Crippen LogP contribution in [0.15, 0.2) is 41.7 Å². The maximum absolute atomic E-state index is 13.2. The molecule has 2 aromatic heterocycles. The molecule has 3 rings (SSSR count). The Morgan fingerprint density at radius 3 is 2.63 bits per heavy atom. The zero-order valence-electron chi connectivity index (χ0n) is 17.2. The highest BCUT2D eigenvalue weighted by Crippen LogP contribution is 2.49. The van der Waals surface area contributed by atoms with Gasteiger partial charge in [0.25, 0.3) is 5.88 Å². The number of nitrogens with zero attached hydrogens (tertiary/aromatic N) is 3. The first-order valence-electron chi connectivity index (χ1n) is 10.0. The van der Waals surface area contributed by atoms with E-state index in [2.05, 4.69) is 9.98 Å². The smallest absolute Gasteiger partial charge is 0.394 e. The quantitative estimate of drug-likeness (QED) is 0.696. The molecule has 1 saturated carbocycles. The predicted octanol–water partition coefficient (Wildman–Crippen LogP) is 4.45. The minimum absolute atomic E-state index is 0.124. The molecule has 0 amide bonds. The summed E-state index contributed by atoms with van der Waals surface area (Å²) in [4.78, 5) is 8.67. The monoisotopic (exact) mass is 424 g/mol. The summed E-state index contributed by atoms with van der Waals surface area (Å²) in [6, 6.07) is 6.95. The second kappa shape index (κ2) is 8.97. The van der Waals surface area contributed by atoms with Gasteiger partial charge in [0.1, 0.15) is 11.2 Å². The molecular formula is C21H27F3N4O2. The third-order valence-corrected chi connectivity index (χ3v) is 5.58. The van der Waals surface area contributed by atoms with E-state index in [0.717, 1.165) is 0 Å². The molecule has 2 aromatic rings. The van der Waals surface area contributed by atoms with Crippen molar-refractivity contribution in [2.75, 3.05) is 19.0 Å². The van der Waals surface area contributed by atoms with Gasteiger partial charge in [-0.25, -0.2) is 9.66 Å². The third kappa shape index (κ3) is 5.06. The zero-order valence-corrected chi connectivity index (χ0v) is 17.2. The molecule has 1 aliphatic carbocycles. The maximum atomic E-state index is 13.2. The Balaban J connectivity index is 1.64. The molecule has 164 valence electrons. The number of nitrogens with two attached hydrogens (primary N) is 1. The first-order chi connectivity index (χ1) is 14.2. The summed E-state index contributed by atoms with van der Waals surface area (Å²) in [6.07, 6.45) is 0.310. The Morgan fingerprint density at radius 2 is 2.00 bits per heavy atom. The van der Waals surface area contributed by atoms with Crippen LogP contribution < -0.4 is 20.8 Å². The maximum Gasteiger partial charge on any atom is 0.394 e. The number of rotatable bonds is 6. The molecule has 0 atom stereocenters. The fraction of sp³-hybridized carbons (Fsp3) is 0.524. The largest absolute Gasteiger partial charge is 0.488 e. The van der Waals surface area contributed by atoms with Crippen molar-refractivity contribution in [2.24, 2.45) is 16.3 Å². The lowest BCUT2D eigenvalue weighted by atomic mass is 9.71. The lowest BCUT2D eigenvalue weighted by Crippen LogP contribution is -2.39. The molecule has 0 radical (unpaired) electrons. The SMILES string of the molecule is CCOc1cccnc1Oc1ccc(=NCC2CCC(C)(C(F)(F)F)CC2)n(N)c1. The van der Waals surface area contributed by atoms with E-state index >= 15 is 0 Å². The van der Waals surface area contributed by atoms with Crippen molar-refractivity contribution in [3.8, 4) is 17.4 Å². The summed E-state index contributed by atoms with van der Waals surface area (Å²) in [6.45, 7) is 4.11. The van der Waals surface area contributed by atoms with Crippen LogP contribution in [0.2, 0.25) is 0 Å². The molecule has 30 heavy (non-hydrogen) atoms. The third-order valence-electron chi connectivity index (χ3n) is 5.58. The van der Waals surface area contributed by atoms with E-state index < -0.39 is 11.6 Å². The summed E-state index contributed by atoms with van der Waals surface area (Å²) >= 11 is 0. The van der Waals surface area contributed by atoms with Crippen molar-refractivity contribution >= 4 is 0 Å². The Hall–Kier alpha value is -2.71. The van der Waals surface area contributed by atoms with Gasteiger partial charge in [0.05, 0.1) is 18.2 Å². The molecule has 9 heteroatoms. The molecule has 0 unspecified atom stereocenters. The standard InChI is InChI=1S/C21H27F3N4O2/c1-3-29-17-5-4-12-26-19(17)30-16-6-7-18(28(25)14-16)27-13-15-8-10-20(2,11-9-15)21(22,23)24/h4-7,12,14-15H,3,8-11,13,25H2,1-2H3. The number of aromatic nitrogens is 2. The van der Waals surface area contributed by atoms with E-state index in [1.54, 1.807) is 36.7 Å². The number of halogens is 3. The van der Waals surface area contributed by atoms with Gasteiger partial charge in [0.15, 0.2) is 5.75 Å². The van der Waals surface area contributed by atoms with E-state index in [1.165, 1.54) is 11.6 Å². The van der Waals surface area contributed by atoms with Crippen LogP contribution in [0.5, 0.6) is 17.4 Å². The van der Waals surface area contributed by atoms with E-state index in [4.69, 9.17) is 15.3 Å². The summed E-state index contributed by atoms with van der Waals surface area (Å²) in [5.74, 6) is 7.48. The van der Waals surface area contributed by atoms with Gasteiger partial charge in [0.2, 0.25) is 0 Å². The summed E-state index contributed by atoms with van der Waals surface area (Å²) in [5, 5.41) is 0. The fourth-order valence-electron chi connectivity index (χ4n) is 3.52. The van der Waals surface area contributed by atoms with E-state index in [-0.39, 0.29) is 18.8 Å². The Morgan fingerprint density at radius 1 is 1.27 bits per heavy atom. The van der Waals surface area contributed by atoms with Crippen LogP contribution >= 0.6 is 0 Å². The first-order valence-corrected chi connectivity index (χ1v) is 10.0. The Kier molecular flexibility index (Phi) is 6.58. The number of hydrogen-bond donors (Lipinski definition) is 1. The highest BCUT2D eigenvalue weighted by Gasteiger charge is 2.51. The molecule has 2 heterocycles. The first kappa shape index (κ1) is 22.0. The average Bonchev–Trinajstić information content (AvgIpc) is 2.69. The van der Waals surface area contributed by atoms with Gasteiger partial charge in [0, 0.05) is 12.7 Å². The van der Waals surface area contributed by atoms with Crippen molar-refractivity contribution in [2.45, 2.75) is 45.7 Å². The molecule has 2 N–H and O–H groups in total. The van der Waals surface area contributed by atoms with Crippen molar-refractivity contribution in [1.82, 2.24) is 9.66 Å². The number of alkyl halides is 3. The van der Waals surface area contributed by atoms with Crippen LogP contribution in [0.25, 0.3) is 0 Å². The summed E-state index contributed by atoms with van der Waals surface area (Å²) in [7, 11) is 0. The van der Waals surface area contributed by atoms with Crippen LogP contribution in [-0.4, -0.2) is 29.0 Å². The summed E-state index contributed by atoms with van der Waals surface area (Å²) in [5.41, 5.74) is -1.06. The van der Waals surface area contributed by atoms with Crippen LogP contribution in [0.4, 0.5) is 13.2 Å². The normalized spacial score (nSPS) is 22.7. The van der Waals surface area contributed by atoms with Crippen LogP contribution in [-0.2, 0) is 0 Å². The second-order valence-electron chi connectivity index (χ2n) is 7.81. The van der Waals surface area contributed by atoms with Gasteiger partial charge < -0.3 is 15.3 Å². The van der Waals surface area contributed by atoms with Crippen LogP contribution in [0, 0.1) is 11.3 Å². The molecule has 6 nitrogen and oxygen atoms in total. The average molecular weight is 424 g/mol. The summed E-state index contributed by atoms with van der Waals surface area (Å²) < 4.78 is 52.0. The second-order valence-corrected chi connectivity index (χ2v) is 7.81. The highest BCUT2D eigenvalue weighted by molar-refractivity contribution is 5.36. The number of nitrogen functional groups attached to an aromatic ring is 1. The zero-order chi connectivity index (χ0) is 21.8. The minimum atomic E-state index is -4.15. The van der Waals surface area contributed by atoms with Crippen molar-refractivity contribution in [3.63, 3.8) is 0 Å². The molecule has 0 aromatic carbocycles. The molecule has 1 aliphatic rings. The lowest BCUT2D eigenvalue weighted by molar-refractivity contribution is -0.229. The number of ether oxygens (including phenoxy) is 2. The van der Waals surface area contributed by atoms with Crippen molar-refractivity contribution in [1.29, 1.82) is 0 Å². The van der Waals surface area contributed by atoms with Gasteiger partial charge in [-0.1, -0.05) is 6.92 Å². The van der Waals surface area contributed by atoms with Crippen LogP contribution in [0.3, 0.4) is 0 Å². The molecule has 0 bridgehead atoms. The molecule has 0 aliphatic heterocycles. The van der Waals surface area contributed by atoms with Gasteiger partial charge in [-0.15, -0.1) is 0 Å². The minimum Gasteiger partial charge on any atom is -0.488 e. The van der Waals surface area contributed by atoms with Crippen LogP contribution in [0.1, 0.15) is 39.5 Å². The predicted molar refractivity (Wildman–Crippen MR) is 107 cm³/mol. The van der Waals surface area contributed by atoms with Gasteiger partial charge in [-0.05, 0) is 62.8 Å². The van der Waals surface area contributed by atoms with Gasteiger partial charge >= 0.3 is 6.18 Å². The molecule has 0 saturated heterocycles. The topological polar surface area (TPSA) is 74.7 Å². The van der Waals surface area contributed by atoms with E-state index in [9.17, 15) is 13.2 Å². The van der Waals surface area contributed by atoms with Gasteiger partial charge in [-0.3, -0.25) is 4.99 Å². The Labute approximate surface area is 173 Å².